The molecule has 2 amide bonds. The Morgan fingerprint density at radius 1 is 1.00 bits per heavy atom. The van der Waals surface area contributed by atoms with E-state index in [0.717, 1.165) is 11.1 Å². The first-order valence-electron chi connectivity index (χ1n) is 8.74. The molecule has 1 aliphatic heterocycles. The maximum Gasteiger partial charge on any atom is 0.308 e. The summed E-state index contributed by atoms with van der Waals surface area (Å²) in [5, 5.41) is 0. The Labute approximate surface area is 151 Å². The minimum absolute atomic E-state index is 0.276. The molecule has 0 unspecified atom stereocenters. The number of fused-ring (bicyclic) bond motifs is 2. The molecule has 0 saturated heterocycles. The van der Waals surface area contributed by atoms with Gasteiger partial charge >= 0.3 is 5.97 Å². The first kappa shape index (κ1) is 16.5. The van der Waals surface area contributed by atoms with Crippen LogP contribution in [0, 0.1) is 5.92 Å². The summed E-state index contributed by atoms with van der Waals surface area (Å²) in [6.45, 7) is 3.53. The predicted octanol–water partition coefficient (Wildman–Crippen LogP) is 3.15. The van der Waals surface area contributed by atoms with E-state index in [-0.39, 0.29) is 23.7 Å². The average molecular weight is 349 g/mol. The van der Waals surface area contributed by atoms with Gasteiger partial charge in [0.1, 0.15) is 12.1 Å². The van der Waals surface area contributed by atoms with Crippen molar-refractivity contribution in [1.29, 1.82) is 0 Å². The molecule has 5 heteroatoms. The molecular formula is C21H19NO4. The normalized spacial score (nSPS) is 21.1. The summed E-state index contributed by atoms with van der Waals surface area (Å²) in [5.74, 6) is -1.28. The molecule has 0 aromatic heterocycles. The Morgan fingerprint density at radius 3 is 2.19 bits per heavy atom. The molecule has 1 heterocycles. The molecule has 0 radical (unpaired) electrons. The lowest BCUT2D eigenvalue weighted by molar-refractivity contribution is -0.155. The molecule has 0 fully saturated rings. The second-order valence-corrected chi connectivity index (χ2v) is 7.00. The fraction of sp³-hybridized carbons (Fsp3) is 0.286. The van der Waals surface area contributed by atoms with Crippen LogP contribution in [0.2, 0.25) is 0 Å². The van der Waals surface area contributed by atoms with Crippen molar-refractivity contribution in [2.75, 3.05) is 0 Å². The van der Waals surface area contributed by atoms with E-state index < -0.39 is 12.1 Å². The SMILES string of the molecule is CC(C)C(=O)O[C@@H]1Cc2ccccc2[C@@H]1N1C(=O)c2ccccc2C1=O. The van der Waals surface area contributed by atoms with E-state index in [1.807, 2.05) is 24.3 Å². The van der Waals surface area contributed by atoms with Crippen LogP contribution < -0.4 is 0 Å². The number of carbonyl (C=O) groups is 3. The second kappa shape index (κ2) is 6.09. The highest BCUT2D eigenvalue weighted by molar-refractivity contribution is 6.21. The highest BCUT2D eigenvalue weighted by atomic mass is 16.5. The zero-order chi connectivity index (χ0) is 18.4. The fourth-order valence-electron chi connectivity index (χ4n) is 3.69. The highest BCUT2D eigenvalue weighted by Gasteiger charge is 2.48. The number of nitrogens with zero attached hydrogens (tertiary/aromatic N) is 1. The van der Waals surface area contributed by atoms with Crippen molar-refractivity contribution in [3.63, 3.8) is 0 Å². The van der Waals surface area contributed by atoms with E-state index in [0.29, 0.717) is 17.5 Å². The van der Waals surface area contributed by atoms with E-state index in [4.69, 9.17) is 4.74 Å². The Morgan fingerprint density at radius 2 is 1.58 bits per heavy atom. The topological polar surface area (TPSA) is 63.7 Å². The predicted molar refractivity (Wildman–Crippen MR) is 94.5 cm³/mol. The lowest BCUT2D eigenvalue weighted by atomic mass is 10.1. The van der Waals surface area contributed by atoms with E-state index in [9.17, 15) is 14.4 Å². The summed E-state index contributed by atoms with van der Waals surface area (Å²) >= 11 is 0. The van der Waals surface area contributed by atoms with Crippen LogP contribution in [0.5, 0.6) is 0 Å². The van der Waals surface area contributed by atoms with Crippen molar-refractivity contribution < 1.29 is 19.1 Å². The number of rotatable bonds is 3. The monoisotopic (exact) mass is 349 g/mol. The van der Waals surface area contributed by atoms with Crippen LogP contribution in [0.4, 0.5) is 0 Å². The van der Waals surface area contributed by atoms with Crippen LogP contribution in [0.15, 0.2) is 48.5 Å². The summed E-state index contributed by atoms with van der Waals surface area (Å²) in [5.41, 5.74) is 2.66. The molecule has 2 aromatic carbocycles. The lowest BCUT2D eigenvalue weighted by Crippen LogP contribution is -2.40. The number of benzene rings is 2. The van der Waals surface area contributed by atoms with Gasteiger partial charge in [0.15, 0.2) is 0 Å². The molecule has 5 nitrogen and oxygen atoms in total. The van der Waals surface area contributed by atoms with Crippen LogP contribution in [-0.2, 0) is 16.0 Å². The van der Waals surface area contributed by atoms with Crippen molar-refractivity contribution in [3.8, 4) is 0 Å². The quantitative estimate of drug-likeness (QED) is 0.631. The highest BCUT2D eigenvalue weighted by Crippen LogP contribution is 2.41. The van der Waals surface area contributed by atoms with Crippen molar-refractivity contribution in [2.45, 2.75) is 32.4 Å². The first-order chi connectivity index (χ1) is 12.5. The number of amides is 2. The Hall–Kier alpha value is -2.95. The summed E-state index contributed by atoms with van der Waals surface area (Å²) < 4.78 is 5.69. The van der Waals surface area contributed by atoms with Crippen LogP contribution in [0.3, 0.4) is 0 Å². The van der Waals surface area contributed by atoms with E-state index in [1.54, 1.807) is 38.1 Å². The summed E-state index contributed by atoms with van der Waals surface area (Å²) in [4.78, 5) is 39.3. The van der Waals surface area contributed by atoms with E-state index in [1.165, 1.54) is 4.90 Å². The maximum atomic E-state index is 12.9. The molecule has 26 heavy (non-hydrogen) atoms. The molecule has 0 bridgehead atoms. The van der Waals surface area contributed by atoms with Gasteiger partial charge in [0.2, 0.25) is 0 Å². The maximum absolute atomic E-state index is 12.9. The van der Waals surface area contributed by atoms with Crippen LogP contribution in [-0.4, -0.2) is 28.8 Å². The number of carbonyl (C=O) groups excluding carboxylic acids is 3. The molecule has 2 aromatic rings. The van der Waals surface area contributed by atoms with E-state index >= 15 is 0 Å². The Balaban J connectivity index is 1.76. The minimum atomic E-state index is -0.596. The average Bonchev–Trinajstić information content (AvgIpc) is 3.10. The van der Waals surface area contributed by atoms with Crippen molar-refractivity contribution >= 4 is 17.8 Å². The zero-order valence-corrected chi connectivity index (χ0v) is 14.6. The lowest BCUT2D eigenvalue weighted by Gasteiger charge is -2.29. The third kappa shape index (κ3) is 2.43. The number of hydrogen-bond donors (Lipinski definition) is 0. The molecule has 0 N–H and O–H groups in total. The minimum Gasteiger partial charge on any atom is -0.459 e. The summed E-state index contributed by atoms with van der Waals surface area (Å²) in [6, 6.07) is 13.8. The second-order valence-electron chi connectivity index (χ2n) is 7.00. The summed E-state index contributed by atoms with van der Waals surface area (Å²) in [7, 11) is 0. The van der Waals surface area contributed by atoms with Crippen molar-refractivity contribution in [2.24, 2.45) is 5.92 Å². The molecule has 132 valence electrons. The molecule has 0 spiro atoms. The van der Waals surface area contributed by atoms with Gasteiger partial charge in [0.05, 0.1) is 17.0 Å². The Kier molecular flexibility index (Phi) is 3.87. The van der Waals surface area contributed by atoms with Gasteiger partial charge in [-0.3, -0.25) is 19.3 Å². The number of ether oxygens (including phenoxy) is 1. The van der Waals surface area contributed by atoms with Gasteiger partial charge in [-0.2, -0.15) is 0 Å². The summed E-state index contributed by atoms with van der Waals surface area (Å²) in [6.07, 6.45) is -0.0725. The van der Waals surface area contributed by atoms with E-state index in [2.05, 4.69) is 0 Å². The number of hydrogen-bond acceptors (Lipinski definition) is 4. The van der Waals surface area contributed by atoms with Gasteiger partial charge in [0, 0.05) is 6.42 Å². The molecule has 2 aliphatic rings. The molecule has 4 rings (SSSR count). The first-order valence-corrected chi connectivity index (χ1v) is 8.74. The largest absolute Gasteiger partial charge is 0.459 e. The van der Waals surface area contributed by atoms with Crippen LogP contribution in [0.1, 0.15) is 51.7 Å². The number of imide groups is 1. The molecular weight excluding hydrogens is 330 g/mol. The van der Waals surface area contributed by atoms with Gasteiger partial charge in [-0.05, 0) is 23.3 Å². The fourth-order valence-corrected chi connectivity index (χ4v) is 3.69. The Bertz CT molecular complexity index is 883. The molecule has 2 atom stereocenters. The third-order valence-corrected chi connectivity index (χ3v) is 4.99. The molecule has 1 aliphatic carbocycles. The smallest absolute Gasteiger partial charge is 0.308 e. The standard InChI is InChI=1S/C21H19NO4/c1-12(2)21(25)26-17-11-13-7-3-4-8-14(13)18(17)22-19(23)15-9-5-6-10-16(15)20(22)24/h3-10,12,17-18H,11H2,1-2H3/t17-,18+/m1/s1. The third-order valence-electron chi connectivity index (χ3n) is 4.99. The van der Waals surface area contributed by atoms with Crippen LogP contribution >= 0.6 is 0 Å². The zero-order valence-electron chi connectivity index (χ0n) is 14.6. The van der Waals surface area contributed by atoms with Crippen molar-refractivity contribution in [3.05, 3.63) is 70.8 Å². The van der Waals surface area contributed by atoms with Crippen LogP contribution in [0.25, 0.3) is 0 Å². The van der Waals surface area contributed by atoms with Gasteiger partial charge in [-0.15, -0.1) is 0 Å². The van der Waals surface area contributed by atoms with Gasteiger partial charge < -0.3 is 4.74 Å². The van der Waals surface area contributed by atoms with Gasteiger partial charge in [0.25, 0.3) is 11.8 Å². The van der Waals surface area contributed by atoms with Crippen molar-refractivity contribution in [1.82, 2.24) is 4.90 Å². The number of esters is 1. The van der Waals surface area contributed by atoms with Gasteiger partial charge in [-0.1, -0.05) is 50.2 Å². The van der Waals surface area contributed by atoms with Gasteiger partial charge in [-0.25, -0.2) is 0 Å². The molecule has 0 saturated carbocycles.